The number of amides is 1. The predicted molar refractivity (Wildman–Crippen MR) is 139 cm³/mol. The zero-order chi connectivity index (χ0) is 24.4. The van der Waals surface area contributed by atoms with E-state index in [9.17, 15) is 4.79 Å². The minimum Gasteiger partial charge on any atom is -0.399 e. The van der Waals surface area contributed by atoms with Crippen LogP contribution in [0.4, 0.5) is 10.1 Å². The van der Waals surface area contributed by atoms with Crippen molar-refractivity contribution in [1.82, 2.24) is 14.7 Å². The summed E-state index contributed by atoms with van der Waals surface area (Å²) in [6.07, 6.45) is 4.74. The number of carbonyl (C=O) groups is 1. The fraction of sp³-hybridized carbons (Fsp3) is 0.552. The Bertz CT molecular complexity index is 1040. The van der Waals surface area contributed by atoms with E-state index in [1.165, 1.54) is 23.1 Å². The zero-order valence-corrected chi connectivity index (χ0v) is 21.0. The maximum Gasteiger partial charge on any atom is 0.260 e. The molecule has 3 heterocycles. The van der Waals surface area contributed by atoms with Crippen LogP contribution in [0.2, 0.25) is 0 Å². The van der Waals surface area contributed by atoms with Gasteiger partial charge in [0.15, 0.2) is 5.67 Å². The highest BCUT2D eigenvalue weighted by molar-refractivity contribution is 5.85. The van der Waals surface area contributed by atoms with E-state index in [2.05, 4.69) is 34.9 Å². The minimum absolute atomic E-state index is 0.274. The van der Waals surface area contributed by atoms with Gasteiger partial charge in [0, 0.05) is 63.8 Å². The lowest BCUT2D eigenvalue weighted by atomic mass is 9.90. The molecule has 0 spiro atoms. The van der Waals surface area contributed by atoms with Crippen molar-refractivity contribution in [3.05, 3.63) is 64.7 Å². The van der Waals surface area contributed by atoms with E-state index in [0.717, 1.165) is 50.1 Å². The second-order valence-corrected chi connectivity index (χ2v) is 10.9. The number of likely N-dealkylation sites (tertiary alicyclic amines) is 2. The maximum atomic E-state index is 15.8. The molecule has 1 amide bonds. The highest BCUT2D eigenvalue weighted by Crippen LogP contribution is 2.32. The number of carbonyl (C=O) groups excluding carboxylic acids is 1. The molecule has 0 saturated carbocycles. The van der Waals surface area contributed by atoms with Gasteiger partial charge in [-0.1, -0.05) is 35.9 Å². The topological polar surface area (TPSA) is 52.8 Å². The first-order valence-corrected chi connectivity index (χ1v) is 13.3. The molecule has 188 valence electrons. The van der Waals surface area contributed by atoms with Gasteiger partial charge >= 0.3 is 0 Å². The normalized spacial score (nSPS) is 21.9. The van der Waals surface area contributed by atoms with E-state index in [1.807, 2.05) is 24.3 Å². The van der Waals surface area contributed by atoms with Gasteiger partial charge in [-0.15, -0.1) is 0 Å². The number of nitrogens with zero attached hydrogens (tertiary/aromatic N) is 3. The standard InChI is InChI=1S/C29H39FN4O/c1-22-7-8-25-21-34(13-3-5-24(25)18-22)27-9-14-33(15-10-27)28(35)29(30)11-16-32(17-12-29)20-23-4-2-6-26(31)19-23/h2,4,6-8,18-19,27H,3,5,9-17,20-21,31H2,1H3. The summed E-state index contributed by atoms with van der Waals surface area (Å²) >= 11 is 0. The lowest BCUT2D eigenvalue weighted by Crippen LogP contribution is -2.55. The molecule has 6 heteroatoms. The Morgan fingerprint density at radius 2 is 1.80 bits per heavy atom. The Hall–Kier alpha value is -2.44. The number of nitrogens with two attached hydrogens (primary N) is 1. The fourth-order valence-corrected chi connectivity index (χ4v) is 6.17. The Kier molecular flexibility index (Phi) is 7.12. The summed E-state index contributed by atoms with van der Waals surface area (Å²) in [4.78, 5) is 19.9. The number of piperidine rings is 2. The van der Waals surface area contributed by atoms with Gasteiger partial charge in [-0.25, -0.2) is 4.39 Å². The molecule has 2 fully saturated rings. The molecule has 3 aliphatic heterocycles. The van der Waals surface area contributed by atoms with Gasteiger partial charge in [-0.2, -0.15) is 0 Å². The van der Waals surface area contributed by atoms with Crippen molar-refractivity contribution in [2.75, 3.05) is 38.5 Å². The van der Waals surface area contributed by atoms with Gasteiger partial charge in [0.2, 0.25) is 0 Å². The molecule has 0 aromatic heterocycles. The van der Waals surface area contributed by atoms with Crippen LogP contribution in [0.5, 0.6) is 0 Å². The van der Waals surface area contributed by atoms with Gasteiger partial charge in [-0.3, -0.25) is 14.6 Å². The second kappa shape index (κ2) is 10.3. The van der Waals surface area contributed by atoms with Crippen LogP contribution in [0.3, 0.4) is 0 Å². The summed E-state index contributed by atoms with van der Waals surface area (Å²) in [5, 5.41) is 0. The molecule has 0 aliphatic carbocycles. The highest BCUT2D eigenvalue weighted by Gasteiger charge is 2.45. The molecule has 35 heavy (non-hydrogen) atoms. The summed E-state index contributed by atoms with van der Waals surface area (Å²) in [6, 6.07) is 15.2. The summed E-state index contributed by atoms with van der Waals surface area (Å²) in [5.41, 5.74) is 10.3. The molecule has 2 N–H and O–H groups in total. The van der Waals surface area contributed by atoms with Crippen LogP contribution in [0.1, 0.15) is 54.4 Å². The average molecular weight is 479 g/mol. The van der Waals surface area contributed by atoms with E-state index in [-0.39, 0.29) is 18.7 Å². The largest absolute Gasteiger partial charge is 0.399 e. The smallest absolute Gasteiger partial charge is 0.260 e. The molecule has 0 atom stereocenters. The summed E-state index contributed by atoms with van der Waals surface area (Å²) in [7, 11) is 0. The first-order valence-electron chi connectivity index (χ1n) is 13.3. The Morgan fingerprint density at radius 1 is 1.03 bits per heavy atom. The molecule has 2 saturated heterocycles. The fourth-order valence-electron chi connectivity index (χ4n) is 6.17. The lowest BCUT2D eigenvalue weighted by molar-refractivity contribution is -0.149. The number of hydrogen-bond acceptors (Lipinski definition) is 4. The minimum atomic E-state index is -1.72. The van der Waals surface area contributed by atoms with E-state index in [4.69, 9.17) is 5.73 Å². The number of anilines is 1. The van der Waals surface area contributed by atoms with Crippen molar-refractivity contribution in [2.24, 2.45) is 0 Å². The molecule has 3 aliphatic rings. The number of alkyl halides is 1. The van der Waals surface area contributed by atoms with E-state index >= 15 is 4.39 Å². The van der Waals surface area contributed by atoms with E-state index in [0.29, 0.717) is 32.2 Å². The lowest BCUT2D eigenvalue weighted by Gasteiger charge is -2.42. The number of halogens is 1. The number of hydrogen-bond donors (Lipinski definition) is 1. The van der Waals surface area contributed by atoms with Gasteiger partial charge in [0.1, 0.15) is 0 Å². The molecule has 0 radical (unpaired) electrons. The molecule has 5 rings (SSSR count). The third-order valence-corrected chi connectivity index (χ3v) is 8.28. The van der Waals surface area contributed by atoms with Crippen LogP contribution in [-0.2, 0) is 24.3 Å². The summed E-state index contributed by atoms with van der Waals surface area (Å²) < 4.78 is 15.8. The van der Waals surface area contributed by atoms with Crippen molar-refractivity contribution >= 4 is 11.6 Å². The van der Waals surface area contributed by atoms with Crippen molar-refractivity contribution < 1.29 is 9.18 Å². The van der Waals surface area contributed by atoms with Crippen LogP contribution in [0.25, 0.3) is 0 Å². The Balaban J connectivity index is 1.12. The Morgan fingerprint density at radius 3 is 2.54 bits per heavy atom. The monoisotopic (exact) mass is 478 g/mol. The van der Waals surface area contributed by atoms with Crippen LogP contribution in [-0.4, -0.2) is 65.0 Å². The highest BCUT2D eigenvalue weighted by atomic mass is 19.1. The van der Waals surface area contributed by atoms with Crippen LogP contribution >= 0.6 is 0 Å². The molecule has 0 bridgehead atoms. The zero-order valence-electron chi connectivity index (χ0n) is 21.0. The number of aryl methyl sites for hydroxylation is 2. The molecule has 2 aromatic carbocycles. The maximum absolute atomic E-state index is 15.8. The molecule has 0 unspecified atom stereocenters. The second-order valence-electron chi connectivity index (χ2n) is 10.9. The van der Waals surface area contributed by atoms with Gasteiger partial charge in [0.05, 0.1) is 0 Å². The number of nitrogen functional groups attached to an aromatic ring is 1. The summed E-state index contributed by atoms with van der Waals surface area (Å²) in [5.74, 6) is -0.281. The number of benzene rings is 2. The molecule has 5 nitrogen and oxygen atoms in total. The van der Waals surface area contributed by atoms with Crippen molar-refractivity contribution in [2.45, 2.75) is 70.2 Å². The SMILES string of the molecule is Cc1ccc2c(c1)CCCN(C1CCN(C(=O)C3(F)CCN(Cc4cccc(N)c4)CC3)CC1)C2. The first-order chi connectivity index (χ1) is 16.9. The molecular formula is C29H39FN4O. The van der Waals surface area contributed by atoms with E-state index < -0.39 is 5.67 Å². The Labute approximate surface area is 209 Å². The van der Waals surface area contributed by atoms with Gasteiger partial charge in [-0.05, 0) is 68.0 Å². The predicted octanol–water partition coefficient (Wildman–Crippen LogP) is 4.32. The third kappa shape index (κ3) is 5.54. The molecular weight excluding hydrogens is 439 g/mol. The number of fused-ring (bicyclic) bond motifs is 1. The van der Waals surface area contributed by atoms with Crippen molar-refractivity contribution in [3.8, 4) is 0 Å². The van der Waals surface area contributed by atoms with Crippen LogP contribution < -0.4 is 5.73 Å². The van der Waals surface area contributed by atoms with Crippen molar-refractivity contribution in [3.63, 3.8) is 0 Å². The quantitative estimate of drug-likeness (QED) is 0.665. The van der Waals surface area contributed by atoms with Crippen molar-refractivity contribution in [1.29, 1.82) is 0 Å². The van der Waals surface area contributed by atoms with Crippen LogP contribution in [0.15, 0.2) is 42.5 Å². The van der Waals surface area contributed by atoms with Gasteiger partial charge < -0.3 is 10.6 Å². The summed E-state index contributed by atoms with van der Waals surface area (Å²) in [6.45, 7) is 7.53. The third-order valence-electron chi connectivity index (χ3n) is 8.28. The number of rotatable bonds is 4. The average Bonchev–Trinajstić information content (AvgIpc) is 3.07. The van der Waals surface area contributed by atoms with E-state index in [1.54, 1.807) is 4.90 Å². The first kappa shape index (κ1) is 24.3. The van der Waals surface area contributed by atoms with Crippen LogP contribution in [0, 0.1) is 6.92 Å². The molecule has 2 aromatic rings. The van der Waals surface area contributed by atoms with Gasteiger partial charge in [0.25, 0.3) is 5.91 Å².